The maximum atomic E-state index is 12.5. The van der Waals surface area contributed by atoms with E-state index < -0.39 is 30.3 Å². The summed E-state index contributed by atoms with van der Waals surface area (Å²) in [6.45, 7) is 1.45. The molecule has 0 aromatic heterocycles. The number of benzene rings is 1. The predicted octanol–water partition coefficient (Wildman–Crippen LogP) is 1.33. The average Bonchev–Trinajstić information content (AvgIpc) is 3.39. The third-order valence-electron chi connectivity index (χ3n) is 5.35. The summed E-state index contributed by atoms with van der Waals surface area (Å²) in [4.78, 5) is 51.1. The zero-order valence-corrected chi connectivity index (χ0v) is 15.5. The predicted molar refractivity (Wildman–Crippen MR) is 95.3 cm³/mol. The molecule has 1 N–H and O–H groups in total. The molecule has 1 aromatic carbocycles. The van der Waals surface area contributed by atoms with Crippen LogP contribution in [0, 0.1) is 0 Å². The van der Waals surface area contributed by atoms with E-state index in [9.17, 15) is 19.2 Å². The molecule has 5 amide bonds. The van der Waals surface area contributed by atoms with Crippen LogP contribution in [0.5, 0.6) is 11.5 Å². The van der Waals surface area contributed by atoms with Gasteiger partial charge < -0.3 is 14.8 Å². The maximum Gasteiger partial charge on any atom is 0.334 e. The first-order valence-electron chi connectivity index (χ1n) is 9.33. The Morgan fingerprint density at radius 1 is 1.14 bits per heavy atom. The van der Waals surface area contributed by atoms with Crippen molar-refractivity contribution in [3.05, 3.63) is 23.8 Å². The molecule has 1 aromatic rings. The first kappa shape index (κ1) is 18.3. The summed E-state index contributed by atoms with van der Waals surface area (Å²) in [5.41, 5.74) is 0.792. The normalized spacial score (nSPS) is 20.2. The van der Waals surface area contributed by atoms with Gasteiger partial charge in [-0.25, -0.2) is 9.69 Å². The molecule has 2 heterocycles. The van der Waals surface area contributed by atoms with E-state index in [2.05, 4.69) is 5.32 Å². The second-order valence-corrected chi connectivity index (χ2v) is 7.19. The Labute approximate surface area is 161 Å². The minimum Gasteiger partial charge on any atom is -0.454 e. The Balaban J connectivity index is 1.39. The third kappa shape index (κ3) is 3.17. The number of carbonyl (C=O) groups is 4. The van der Waals surface area contributed by atoms with Gasteiger partial charge in [0, 0.05) is 6.04 Å². The summed E-state index contributed by atoms with van der Waals surface area (Å²) in [5.74, 6) is -1.06. The molecule has 1 aliphatic carbocycles. The minimum absolute atomic E-state index is 0.157. The van der Waals surface area contributed by atoms with Crippen molar-refractivity contribution in [1.29, 1.82) is 0 Å². The first-order chi connectivity index (χ1) is 13.5. The van der Waals surface area contributed by atoms with Gasteiger partial charge in [-0.2, -0.15) is 0 Å². The molecular weight excluding hydrogens is 366 g/mol. The van der Waals surface area contributed by atoms with Crippen molar-refractivity contribution in [2.45, 2.75) is 44.7 Å². The minimum atomic E-state index is -0.942. The number of hydrogen-bond donors (Lipinski definition) is 1. The van der Waals surface area contributed by atoms with Gasteiger partial charge in [0.1, 0.15) is 6.54 Å². The molecule has 1 saturated heterocycles. The van der Waals surface area contributed by atoms with Crippen molar-refractivity contribution >= 4 is 23.8 Å². The van der Waals surface area contributed by atoms with E-state index in [0.717, 1.165) is 28.2 Å². The summed E-state index contributed by atoms with van der Waals surface area (Å²) in [5, 5.41) is 2.74. The lowest BCUT2D eigenvalue weighted by atomic mass is 10.1. The topological polar surface area (TPSA) is 105 Å². The van der Waals surface area contributed by atoms with E-state index in [4.69, 9.17) is 9.47 Å². The quantitative estimate of drug-likeness (QED) is 0.604. The molecule has 28 heavy (non-hydrogen) atoms. The van der Waals surface area contributed by atoms with Crippen LogP contribution in [-0.4, -0.2) is 52.9 Å². The number of imide groups is 2. The first-order valence-corrected chi connectivity index (χ1v) is 9.33. The largest absolute Gasteiger partial charge is 0.454 e. The molecule has 1 saturated carbocycles. The van der Waals surface area contributed by atoms with E-state index in [-0.39, 0.29) is 18.9 Å². The van der Waals surface area contributed by atoms with Crippen molar-refractivity contribution in [2.24, 2.45) is 0 Å². The molecule has 0 spiro atoms. The van der Waals surface area contributed by atoms with Crippen molar-refractivity contribution in [2.75, 3.05) is 13.3 Å². The van der Waals surface area contributed by atoms with Crippen LogP contribution in [0.25, 0.3) is 0 Å². The number of amides is 5. The molecule has 148 valence electrons. The Morgan fingerprint density at radius 2 is 1.86 bits per heavy atom. The van der Waals surface area contributed by atoms with Gasteiger partial charge in [-0.1, -0.05) is 18.9 Å². The van der Waals surface area contributed by atoms with Gasteiger partial charge in [-0.15, -0.1) is 0 Å². The van der Waals surface area contributed by atoms with Crippen molar-refractivity contribution in [1.82, 2.24) is 15.1 Å². The van der Waals surface area contributed by atoms with Crippen LogP contribution < -0.4 is 14.8 Å². The van der Waals surface area contributed by atoms with Crippen LogP contribution in [0.2, 0.25) is 0 Å². The Hall–Kier alpha value is -3.10. The summed E-state index contributed by atoms with van der Waals surface area (Å²) >= 11 is 0. The molecule has 0 radical (unpaired) electrons. The summed E-state index contributed by atoms with van der Waals surface area (Å²) in [6, 6.07) is 4.00. The van der Waals surface area contributed by atoms with E-state index >= 15 is 0 Å². The van der Waals surface area contributed by atoms with Crippen molar-refractivity contribution in [3.63, 3.8) is 0 Å². The third-order valence-corrected chi connectivity index (χ3v) is 5.35. The zero-order chi connectivity index (χ0) is 19.8. The highest BCUT2D eigenvalue weighted by molar-refractivity contribution is 6.45. The Kier molecular flexibility index (Phi) is 4.66. The number of rotatable bonds is 5. The number of nitrogens with zero attached hydrogens (tertiary/aromatic N) is 2. The van der Waals surface area contributed by atoms with Gasteiger partial charge in [0.2, 0.25) is 12.7 Å². The van der Waals surface area contributed by atoms with Crippen LogP contribution in [0.1, 0.15) is 44.2 Å². The van der Waals surface area contributed by atoms with Gasteiger partial charge in [0.05, 0.1) is 6.04 Å². The summed E-state index contributed by atoms with van der Waals surface area (Å²) < 4.78 is 10.6. The van der Waals surface area contributed by atoms with E-state index in [1.165, 1.54) is 0 Å². The molecule has 1 atom stereocenters. The zero-order valence-electron chi connectivity index (χ0n) is 15.5. The molecular formula is C19H21N3O6. The number of nitrogens with one attached hydrogen (secondary N) is 1. The molecule has 9 nitrogen and oxygen atoms in total. The second-order valence-electron chi connectivity index (χ2n) is 7.19. The fraction of sp³-hybridized carbons (Fsp3) is 0.474. The fourth-order valence-electron chi connectivity index (χ4n) is 3.84. The summed E-state index contributed by atoms with van der Waals surface area (Å²) in [7, 11) is 0. The molecule has 2 aliphatic heterocycles. The molecule has 3 aliphatic rings. The summed E-state index contributed by atoms with van der Waals surface area (Å²) in [6.07, 6.45) is 3.24. The van der Waals surface area contributed by atoms with Crippen LogP contribution in [-0.2, 0) is 14.4 Å². The highest BCUT2D eigenvalue weighted by Crippen LogP contribution is 2.34. The number of carbonyl (C=O) groups excluding carboxylic acids is 4. The fourth-order valence-corrected chi connectivity index (χ4v) is 3.84. The van der Waals surface area contributed by atoms with Gasteiger partial charge in [0.15, 0.2) is 11.5 Å². The standard InChI is InChI=1S/C19H21N3O6/c1-11(12-6-7-14-15(8-12)28-10-27-14)20-16(23)9-21-17(24)18(25)22(19(21)26)13-4-2-3-5-13/h6-8,11,13H,2-5,9-10H2,1H3,(H,20,23)/t11-/m1/s1. The van der Waals surface area contributed by atoms with Crippen molar-refractivity contribution < 1.29 is 28.7 Å². The number of ether oxygens (including phenoxy) is 2. The van der Waals surface area contributed by atoms with Gasteiger partial charge in [-0.3, -0.25) is 19.3 Å². The highest BCUT2D eigenvalue weighted by Gasteiger charge is 2.48. The van der Waals surface area contributed by atoms with Gasteiger partial charge in [0.25, 0.3) is 0 Å². The molecule has 9 heteroatoms. The van der Waals surface area contributed by atoms with Crippen LogP contribution in [0.4, 0.5) is 4.79 Å². The molecule has 0 unspecified atom stereocenters. The number of urea groups is 1. The van der Waals surface area contributed by atoms with E-state index in [0.29, 0.717) is 24.3 Å². The number of fused-ring (bicyclic) bond motifs is 1. The van der Waals surface area contributed by atoms with E-state index in [1.54, 1.807) is 25.1 Å². The molecule has 0 bridgehead atoms. The monoisotopic (exact) mass is 387 g/mol. The second kappa shape index (κ2) is 7.14. The van der Waals surface area contributed by atoms with Crippen molar-refractivity contribution in [3.8, 4) is 11.5 Å². The van der Waals surface area contributed by atoms with Crippen LogP contribution in [0.15, 0.2) is 18.2 Å². The lowest BCUT2D eigenvalue weighted by molar-refractivity contribution is -0.144. The van der Waals surface area contributed by atoms with Crippen LogP contribution in [0.3, 0.4) is 0 Å². The van der Waals surface area contributed by atoms with E-state index in [1.807, 2.05) is 0 Å². The number of hydrogen-bond acceptors (Lipinski definition) is 6. The Bertz CT molecular complexity index is 848. The molecule has 2 fully saturated rings. The SMILES string of the molecule is C[C@@H](NC(=O)CN1C(=O)C(=O)N(C2CCCC2)C1=O)c1ccc2c(c1)OCO2. The lowest BCUT2D eigenvalue weighted by Crippen LogP contribution is -2.43. The van der Waals surface area contributed by atoms with Crippen LogP contribution >= 0.6 is 0 Å². The molecule has 4 rings (SSSR count). The maximum absolute atomic E-state index is 12.5. The van der Waals surface area contributed by atoms with Gasteiger partial charge >= 0.3 is 17.8 Å². The smallest absolute Gasteiger partial charge is 0.334 e. The van der Waals surface area contributed by atoms with Gasteiger partial charge in [-0.05, 0) is 37.5 Å². The Morgan fingerprint density at radius 3 is 2.61 bits per heavy atom. The highest BCUT2D eigenvalue weighted by atomic mass is 16.7. The lowest BCUT2D eigenvalue weighted by Gasteiger charge is -2.21. The average molecular weight is 387 g/mol.